The van der Waals surface area contributed by atoms with Crippen molar-refractivity contribution in [3.8, 4) is 5.75 Å². The van der Waals surface area contributed by atoms with E-state index in [9.17, 15) is 13.6 Å². The summed E-state index contributed by atoms with van der Waals surface area (Å²) in [5, 5.41) is 10.2. The van der Waals surface area contributed by atoms with Gasteiger partial charge < -0.3 is 10.1 Å². The fourth-order valence-corrected chi connectivity index (χ4v) is 3.00. The SMILES string of the molecule is CC(C)C(NC(=O)C(C)(F)F)C(Oc1ccc2[nH]ncc2c1)c1ccccc1. The molecule has 3 aromatic rings. The Morgan fingerprint density at radius 3 is 2.54 bits per heavy atom. The standard InChI is InChI=1S/C21H23F2N3O2/c1-13(2)18(25-20(27)21(3,22)23)19(14-7-5-4-6-8-14)28-16-9-10-17-15(11-16)12-24-26-17/h4-13,18-19H,1-3H3,(H,24,26)(H,25,27). The normalized spacial score (nSPS) is 14.1. The molecule has 2 unspecified atom stereocenters. The number of nitrogens with one attached hydrogen (secondary N) is 2. The molecule has 3 rings (SSSR count). The van der Waals surface area contributed by atoms with Gasteiger partial charge in [0, 0.05) is 12.3 Å². The van der Waals surface area contributed by atoms with Gasteiger partial charge in [-0.2, -0.15) is 13.9 Å². The molecule has 0 aliphatic heterocycles. The molecule has 1 amide bonds. The van der Waals surface area contributed by atoms with E-state index in [-0.39, 0.29) is 5.92 Å². The van der Waals surface area contributed by atoms with Crippen LogP contribution in [0, 0.1) is 5.92 Å². The molecule has 0 bridgehead atoms. The number of carbonyl (C=O) groups is 1. The summed E-state index contributed by atoms with van der Waals surface area (Å²) in [6.45, 7) is 4.31. The van der Waals surface area contributed by atoms with E-state index >= 15 is 0 Å². The molecule has 148 valence electrons. The Morgan fingerprint density at radius 2 is 1.89 bits per heavy atom. The van der Waals surface area contributed by atoms with Crippen LogP contribution >= 0.6 is 0 Å². The third kappa shape index (κ3) is 4.47. The first kappa shape index (κ1) is 19.8. The fourth-order valence-electron chi connectivity index (χ4n) is 3.00. The van der Waals surface area contributed by atoms with E-state index in [1.807, 2.05) is 56.3 Å². The largest absolute Gasteiger partial charge is 0.484 e. The van der Waals surface area contributed by atoms with Crippen LogP contribution in [0.2, 0.25) is 0 Å². The van der Waals surface area contributed by atoms with Gasteiger partial charge in [0.05, 0.1) is 17.8 Å². The fraction of sp³-hybridized carbons (Fsp3) is 0.333. The number of amides is 1. The van der Waals surface area contributed by atoms with Gasteiger partial charge in [0.1, 0.15) is 11.9 Å². The predicted octanol–water partition coefficient (Wildman–Crippen LogP) is 4.48. The second kappa shape index (κ2) is 7.96. The summed E-state index contributed by atoms with van der Waals surface area (Å²) in [6.07, 6.45) is 1.04. The maximum atomic E-state index is 13.5. The Kier molecular flexibility index (Phi) is 5.63. The molecule has 2 aromatic carbocycles. The van der Waals surface area contributed by atoms with Crippen molar-refractivity contribution >= 4 is 16.8 Å². The monoisotopic (exact) mass is 387 g/mol. The molecule has 5 nitrogen and oxygen atoms in total. The second-order valence-corrected chi connectivity index (χ2v) is 7.20. The van der Waals surface area contributed by atoms with Gasteiger partial charge in [-0.1, -0.05) is 44.2 Å². The van der Waals surface area contributed by atoms with Crippen molar-refractivity contribution in [1.29, 1.82) is 0 Å². The number of alkyl halides is 2. The van der Waals surface area contributed by atoms with Crippen LogP contribution in [0.5, 0.6) is 5.75 Å². The lowest BCUT2D eigenvalue weighted by Crippen LogP contribution is -2.49. The number of halogens is 2. The summed E-state index contributed by atoms with van der Waals surface area (Å²) in [4.78, 5) is 12.0. The minimum atomic E-state index is -3.47. The second-order valence-electron chi connectivity index (χ2n) is 7.20. The minimum absolute atomic E-state index is 0.144. The zero-order valence-corrected chi connectivity index (χ0v) is 15.9. The van der Waals surface area contributed by atoms with Crippen LogP contribution in [0.25, 0.3) is 10.9 Å². The van der Waals surface area contributed by atoms with Crippen LogP contribution in [-0.2, 0) is 4.79 Å². The van der Waals surface area contributed by atoms with Crippen molar-refractivity contribution in [2.45, 2.75) is 38.8 Å². The Balaban J connectivity index is 1.95. The van der Waals surface area contributed by atoms with E-state index in [1.54, 1.807) is 12.3 Å². The van der Waals surface area contributed by atoms with Gasteiger partial charge >= 0.3 is 5.92 Å². The third-order valence-electron chi connectivity index (χ3n) is 4.54. The summed E-state index contributed by atoms with van der Waals surface area (Å²) in [7, 11) is 0. The Hall–Kier alpha value is -2.96. The lowest BCUT2D eigenvalue weighted by atomic mass is 9.92. The maximum Gasteiger partial charge on any atom is 0.321 e. The van der Waals surface area contributed by atoms with Crippen LogP contribution in [0.3, 0.4) is 0 Å². The molecule has 0 spiro atoms. The van der Waals surface area contributed by atoms with Gasteiger partial charge in [-0.15, -0.1) is 0 Å². The predicted molar refractivity (Wildman–Crippen MR) is 103 cm³/mol. The summed E-state index contributed by atoms with van der Waals surface area (Å²) in [6, 6.07) is 14.0. The molecule has 1 aromatic heterocycles. The topological polar surface area (TPSA) is 67.0 Å². The molecule has 0 radical (unpaired) electrons. The third-order valence-corrected chi connectivity index (χ3v) is 4.54. The highest BCUT2D eigenvalue weighted by Gasteiger charge is 2.37. The van der Waals surface area contributed by atoms with Crippen LogP contribution in [0.1, 0.15) is 32.4 Å². The Bertz CT molecular complexity index is 935. The summed E-state index contributed by atoms with van der Waals surface area (Å²) in [5.41, 5.74) is 1.65. The number of rotatable bonds is 7. The maximum absolute atomic E-state index is 13.5. The van der Waals surface area contributed by atoms with Gasteiger partial charge in [0.25, 0.3) is 5.91 Å². The van der Waals surface area contributed by atoms with E-state index in [1.165, 1.54) is 0 Å². The van der Waals surface area contributed by atoms with E-state index in [0.717, 1.165) is 16.5 Å². The molecule has 0 saturated carbocycles. The number of nitrogens with zero attached hydrogens (tertiary/aromatic N) is 1. The summed E-state index contributed by atoms with van der Waals surface area (Å²) in [5.74, 6) is -4.37. The number of benzene rings is 2. The molecule has 0 saturated heterocycles. The quantitative estimate of drug-likeness (QED) is 0.628. The lowest BCUT2D eigenvalue weighted by molar-refractivity contribution is -0.145. The van der Waals surface area contributed by atoms with Gasteiger partial charge in [0.15, 0.2) is 0 Å². The Morgan fingerprint density at radius 1 is 1.18 bits per heavy atom. The number of aromatic nitrogens is 2. The number of ether oxygens (including phenoxy) is 1. The lowest BCUT2D eigenvalue weighted by Gasteiger charge is -2.32. The van der Waals surface area contributed by atoms with E-state index < -0.39 is 24.0 Å². The van der Waals surface area contributed by atoms with Crippen LogP contribution in [0.4, 0.5) is 8.78 Å². The molecule has 0 aliphatic carbocycles. The number of aromatic amines is 1. The summed E-state index contributed by atoms with van der Waals surface area (Å²) < 4.78 is 33.2. The summed E-state index contributed by atoms with van der Waals surface area (Å²) >= 11 is 0. The number of H-pyrrole nitrogens is 1. The molecule has 7 heteroatoms. The first-order valence-electron chi connectivity index (χ1n) is 9.09. The van der Waals surface area contributed by atoms with Gasteiger partial charge in [-0.3, -0.25) is 9.89 Å². The van der Waals surface area contributed by atoms with Crippen molar-refractivity contribution in [2.75, 3.05) is 0 Å². The zero-order valence-electron chi connectivity index (χ0n) is 15.9. The number of hydrogen-bond donors (Lipinski definition) is 2. The van der Waals surface area contributed by atoms with Crippen molar-refractivity contribution in [2.24, 2.45) is 5.92 Å². The molecular formula is C21H23F2N3O2. The zero-order chi connectivity index (χ0) is 20.3. The highest BCUT2D eigenvalue weighted by atomic mass is 19.3. The first-order chi connectivity index (χ1) is 13.3. The molecule has 0 aliphatic rings. The van der Waals surface area contributed by atoms with Crippen LogP contribution < -0.4 is 10.1 Å². The molecule has 0 fully saturated rings. The van der Waals surface area contributed by atoms with E-state index in [4.69, 9.17) is 4.74 Å². The smallest absolute Gasteiger partial charge is 0.321 e. The van der Waals surface area contributed by atoms with Crippen LogP contribution in [0.15, 0.2) is 54.7 Å². The van der Waals surface area contributed by atoms with E-state index in [2.05, 4.69) is 15.5 Å². The minimum Gasteiger partial charge on any atom is -0.484 e. The van der Waals surface area contributed by atoms with E-state index in [0.29, 0.717) is 12.7 Å². The molecule has 2 N–H and O–H groups in total. The van der Waals surface area contributed by atoms with Crippen molar-refractivity contribution < 1.29 is 18.3 Å². The van der Waals surface area contributed by atoms with Crippen molar-refractivity contribution in [1.82, 2.24) is 15.5 Å². The first-order valence-corrected chi connectivity index (χ1v) is 9.09. The van der Waals surface area contributed by atoms with Crippen LogP contribution in [-0.4, -0.2) is 28.1 Å². The van der Waals surface area contributed by atoms with Crippen molar-refractivity contribution in [3.63, 3.8) is 0 Å². The molecule has 2 atom stereocenters. The van der Waals surface area contributed by atoms with Crippen molar-refractivity contribution in [3.05, 3.63) is 60.3 Å². The van der Waals surface area contributed by atoms with Gasteiger partial charge in [-0.25, -0.2) is 0 Å². The number of fused-ring (bicyclic) bond motifs is 1. The average Bonchev–Trinajstić information content (AvgIpc) is 3.12. The number of hydrogen-bond acceptors (Lipinski definition) is 3. The average molecular weight is 387 g/mol. The van der Waals surface area contributed by atoms with Gasteiger partial charge in [-0.05, 0) is 29.7 Å². The number of carbonyl (C=O) groups excluding carboxylic acids is 1. The molecular weight excluding hydrogens is 364 g/mol. The molecule has 28 heavy (non-hydrogen) atoms. The highest BCUT2D eigenvalue weighted by molar-refractivity contribution is 5.83. The van der Waals surface area contributed by atoms with Gasteiger partial charge in [0.2, 0.25) is 0 Å². The highest BCUT2D eigenvalue weighted by Crippen LogP contribution is 2.30. The molecule has 1 heterocycles. The Labute approximate surface area is 162 Å².